The van der Waals surface area contributed by atoms with Gasteiger partial charge in [-0.05, 0) is 55.2 Å². The van der Waals surface area contributed by atoms with Crippen molar-refractivity contribution < 1.29 is 4.79 Å². The number of halogens is 1. The summed E-state index contributed by atoms with van der Waals surface area (Å²) in [4.78, 5) is 13.7. The Kier molecular flexibility index (Phi) is 5.29. The fraction of sp³-hybridized carbons (Fsp3) is 0.316. The number of carbonyl (C=O) groups excluding carboxylic acids is 1. The molecular formula is C19H20ClNOS. The molecule has 0 radical (unpaired) electrons. The van der Waals surface area contributed by atoms with E-state index in [4.69, 9.17) is 11.6 Å². The Hall–Kier alpha value is -1.45. The molecule has 0 heterocycles. The summed E-state index contributed by atoms with van der Waals surface area (Å²) in [5.74, 6) is 0.514. The lowest BCUT2D eigenvalue weighted by atomic mass is 10.0. The number of nitrogens with one attached hydrogen (secondary N) is 1. The van der Waals surface area contributed by atoms with Gasteiger partial charge < -0.3 is 5.32 Å². The zero-order valence-corrected chi connectivity index (χ0v) is 14.7. The van der Waals surface area contributed by atoms with Gasteiger partial charge in [-0.1, -0.05) is 41.9 Å². The van der Waals surface area contributed by atoms with E-state index in [2.05, 4.69) is 17.4 Å². The Morgan fingerprint density at radius 3 is 2.65 bits per heavy atom. The highest BCUT2D eigenvalue weighted by Gasteiger charge is 2.32. The lowest BCUT2D eigenvalue weighted by molar-refractivity contribution is 0.0932. The Bertz CT molecular complexity index is 685. The van der Waals surface area contributed by atoms with Crippen molar-refractivity contribution in [1.29, 1.82) is 0 Å². The van der Waals surface area contributed by atoms with Crippen LogP contribution in [0.3, 0.4) is 0 Å². The van der Waals surface area contributed by atoms with Gasteiger partial charge in [0, 0.05) is 10.9 Å². The molecule has 0 aliphatic heterocycles. The van der Waals surface area contributed by atoms with Crippen molar-refractivity contribution in [3.63, 3.8) is 0 Å². The first-order chi connectivity index (χ1) is 11.2. The predicted molar refractivity (Wildman–Crippen MR) is 97.4 cm³/mol. The number of hydrogen-bond acceptors (Lipinski definition) is 2. The minimum atomic E-state index is -0.0706. The maximum Gasteiger partial charge on any atom is 0.253 e. The van der Waals surface area contributed by atoms with Crippen LogP contribution in [0.25, 0.3) is 0 Å². The van der Waals surface area contributed by atoms with Crippen molar-refractivity contribution in [3.05, 3.63) is 64.7 Å². The monoisotopic (exact) mass is 345 g/mol. The number of rotatable bonds is 6. The van der Waals surface area contributed by atoms with Crippen molar-refractivity contribution in [3.8, 4) is 0 Å². The number of benzene rings is 2. The van der Waals surface area contributed by atoms with E-state index in [9.17, 15) is 4.79 Å². The summed E-state index contributed by atoms with van der Waals surface area (Å²) in [5, 5.41) is 3.71. The highest BCUT2D eigenvalue weighted by molar-refractivity contribution is 7.98. The minimum absolute atomic E-state index is 0.0706. The Labute approximate surface area is 146 Å². The highest BCUT2D eigenvalue weighted by Crippen LogP contribution is 2.34. The van der Waals surface area contributed by atoms with Crippen molar-refractivity contribution in [2.45, 2.75) is 30.2 Å². The van der Waals surface area contributed by atoms with E-state index < -0.39 is 0 Å². The minimum Gasteiger partial charge on any atom is -0.349 e. The zero-order valence-electron chi connectivity index (χ0n) is 13.1. The number of carbonyl (C=O) groups is 1. The van der Waals surface area contributed by atoms with Crippen LogP contribution in [0, 0.1) is 5.92 Å². The van der Waals surface area contributed by atoms with Crippen LogP contribution < -0.4 is 5.32 Å². The molecule has 1 atom stereocenters. The summed E-state index contributed by atoms with van der Waals surface area (Å²) in [6.07, 6.45) is 5.25. The molecule has 0 bridgehead atoms. The molecule has 2 aromatic carbocycles. The van der Waals surface area contributed by atoms with Gasteiger partial charge in [0.2, 0.25) is 0 Å². The van der Waals surface area contributed by atoms with Crippen LogP contribution in [0.4, 0.5) is 0 Å². The SMILES string of the molecule is CSc1ccc(Cl)c(C(=O)NC(Cc2ccccc2)C2CC2)c1. The van der Waals surface area contributed by atoms with E-state index in [-0.39, 0.29) is 11.9 Å². The average Bonchev–Trinajstić information content (AvgIpc) is 3.40. The molecule has 23 heavy (non-hydrogen) atoms. The molecule has 2 aromatic rings. The summed E-state index contributed by atoms with van der Waals surface area (Å²) in [6.45, 7) is 0. The Morgan fingerprint density at radius 1 is 1.26 bits per heavy atom. The fourth-order valence-corrected chi connectivity index (χ4v) is 3.40. The third kappa shape index (κ3) is 4.30. The van der Waals surface area contributed by atoms with Crippen molar-refractivity contribution >= 4 is 29.3 Å². The molecule has 1 aliphatic carbocycles. The maximum absolute atomic E-state index is 12.7. The van der Waals surface area contributed by atoms with Gasteiger partial charge in [-0.2, -0.15) is 0 Å². The van der Waals surface area contributed by atoms with E-state index >= 15 is 0 Å². The molecule has 4 heteroatoms. The van der Waals surface area contributed by atoms with Gasteiger partial charge in [-0.15, -0.1) is 11.8 Å². The van der Waals surface area contributed by atoms with E-state index in [0.29, 0.717) is 16.5 Å². The molecule has 0 spiro atoms. The van der Waals surface area contributed by atoms with E-state index in [1.165, 1.54) is 18.4 Å². The number of thioether (sulfide) groups is 1. The first kappa shape index (κ1) is 16.4. The lowest BCUT2D eigenvalue weighted by Crippen LogP contribution is -2.38. The average molecular weight is 346 g/mol. The highest BCUT2D eigenvalue weighted by atomic mass is 35.5. The van der Waals surface area contributed by atoms with Crippen LogP contribution in [0.5, 0.6) is 0 Å². The summed E-state index contributed by atoms with van der Waals surface area (Å²) < 4.78 is 0. The smallest absolute Gasteiger partial charge is 0.253 e. The second-order valence-corrected chi connectivity index (χ2v) is 7.24. The maximum atomic E-state index is 12.7. The van der Waals surface area contributed by atoms with Crippen molar-refractivity contribution in [1.82, 2.24) is 5.32 Å². The summed E-state index contributed by atoms with van der Waals surface area (Å²) in [5.41, 5.74) is 1.82. The molecule has 3 rings (SSSR count). The van der Waals surface area contributed by atoms with Gasteiger partial charge in [0.25, 0.3) is 5.91 Å². The van der Waals surface area contributed by atoms with Gasteiger partial charge in [-0.3, -0.25) is 4.79 Å². The first-order valence-electron chi connectivity index (χ1n) is 7.85. The van der Waals surface area contributed by atoms with Gasteiger partial charge >= 0.3 is 0 Å². The van der Waals surface area contributed by atoms with Crippen LogP contribution in [-0.2, 0) is 6.42 Å². The standard InChI is InChI=1S/C19H20ClNOS/c1-23-15-9-10-17(20)16(12-15)19(22)21-18(14-7-8-14)11-13-5-3-2-4-6-13/h2-6,9-10,12,14,18H,7-8,11H2,1H3,(H,21,22). The van der Waals surface area contributed by atoms with Gasteiger partial charge in [0.05, 0.1) is 10.6 Å². The molecule has 1 unspecified atom stereocenters. The Morgan fingerprint density at radius 2 is 2.00 bits per heavy atom. The molecule has 1 fully saturated rings. The van der Waals surface area contributed by atoms with Crippen LogP contribution in [0.15, 0.2) is 53.4 Å². The molecule has 1 amide bonds. The second-order valence-electron chi connectivity index (χ2n) is 5.95. The third-order valence-electron chi connectivity index (χ3n) is 4.22. The first-order valence-corrected chi connectivity index (χ1v) is 9.46. The molecule has 1 saturated carbocycles. The molecule has 1 N–H and O–H groups in total. The van der Waals surface area contributed by atoms with Crippen molar-refractivity contribution in [2.75, 3.05) is 6.26 Å². The summed E-state index contributed by atoms with van der Waals surface area (Å²) in [7, 11) is 0. The van der Waals surface area contributed by atoms with Gasteiger partial charge in [0.15, 0.2) is 0 Å². The van der Waals surface area contributed by atoms with Crippen LogP contribution in [0.1, 0.15) is 28.8 Å². The lowest BCUT2D eigenvalue weighted by Gasteiger charge is -2.19. The number of amides is 1. The van der Waals surface area contributed by atoms with Gasteiger partial charge in [-0.25, -0.2) is 0 Å². The van der Waals surface area contributed by atoms with Crippen molar-refractivity contribution in [2.24, 2.45) is 5.92 Å². The quantitative estimate of drug-likeness (QED) is 0.761. The van der Waals surface area contributed by atoms with E-state index in [1.54, 1.807) is 17.8 Å². The fourth-order valence-electron chi connectivity index (χ4n) is 2.75. The van der Waals surface area contributed by atoms with E-state index in [1.807, 2.05) is 36.6 Å². The Balaban J connectivity index is 1.74. The zero-order chi connectivity index (χ0) is 16.2. The molecule has 2 nitrogen and oxygen atoms in total. The predicted octanol–water partition coefficient (Wildman–Crippen LogP) is 4.81. The molecule has 0 aromatic heterocycles. The van der Waals surface area contributed by atoms with Gasteiger partial charge in [0.1, 0.15) is 0 Å². The molecule has 1 aliphatic rings. The van der Waals surface area contributed by atoms with E-state index in [0.717, 1.165) is 11.3 Å². The normalized spacial score (nSPS) is 15.2. The second kappa shape index (κ2) is 7.41. The summed E-state index contributed by atoms with van der Waals surface area (Å²) in [6, 6.07) is 16.1. The molecule has 0 saturated heterocycles. The topological polar surface area (TPSA) is 29.1 Å². The number of hydrogen-bond donors (Lipinski definition) is 1. The van der Waals surface area contributed by atoms with Crippen LogP contribution in [-0.4, -0.2) is 18.2 Å². The molecular weight excluding hydrogens is 326 g/mol. The largest absolute Gasteiger partial charge is 0.349 e. The van der Waals surface area contributed by atoms with Crippen LogP contribution >= 0.6 is 23.4 Å². The molecule has 120 valence electrons. The third-order valence-corrected chi connectivity index (χ3v) is 5.28. The summed E-state index contributed by atoms with van der Waals surface area (Å²) >= 11 is 7.83. The van der Waals surface area contributed by atoms with Crippen LogP contribution in [0.2, 0.25) is 5.02 Å².